The van der Waals surface area contributed by atoms with E-state index in [4.69, 9.17) is 4.98 Å². The minimum atomic E-state index is 0.135. The Kier molecular flexibility index (Phi) is 4.49. The number of pyridine rings is 1. The van der Waals surface area contributed by atoms with Gasteiger partial charge in [0, 0.05) is 10.9 Å². The molecule has 0 N–H and O–H groups in total. The first-order chi connectivity index (χ1) is 11.0. The summed E-state index contributed by atoms with van der Waals surface area (Å²) >= 11 is 1.50. The second-order valence-corrected chi connectivity index (χ2v) is 6.83. The fraction of sp³-hybridized carbons (Fsp3) is 0.200. The van der Waals surface area contributed by atoms with E-state index < -0.39 is 0 Å². The predicted molar refractivity (Wildman–Crippen MR) is 97.5 cm³/mol. The van der Waals surface area contributed by atoms with Crippen molar-refractivity contribution in [2.24, 2.45) is 0 Å². The third kappa shape index (κ3) is 3.45. The molecule has 2 nitrogen and oxygen atoms in total. The number of thioether (sulfide) groups is 1. The molecule has 3 heteroatoms. The van der Waals surface area contributed by atoms with Gasteiger partial charge >= 0.3 is 0 Å². The Balaban J connectivity index is 1.85. The van der Waals surface area contributed by atoms with Gasteiger partial charge in [-0.05, 0) is 44.0 Å². The standard InChI is InChI=1S/C20H19NOS/c1-13-9-15(3)20-17(10-13)14(2)11-19(21-20)23-12-18(22)16-7-5-4-6-8-16/h4-11H,12H2,1-3H3. The zero-order chi connectivity index (χ0) is 16.4. The lowest BCUT2D eigenvalue weighted by atomic mass is 10.0. The number of fused-ring (bicyclic) bond motifs is 1. The van der Waals surface area contributed by atoms with Gasteiger partial charge in [-0.3, -0.25) is 4.79 Å². The fourth-order valence-corrected chi connectivity index (χ4v) is 3.60. The summed E-state index contributed by atoms with van der Waals surface area (Å²) in [6.07, 6.45) is 0. The predicted octanol–water partition coefficient (Wildman–Crippen LogP) is 5.14. The van der Waals surface area contributed by atoms with Gasteiger partial charge in [0.05, 0.1) is 16.3 Å². The second kappa shape index (κ2) is 6.55. The first-order valence-corrected chi connectivity index (χ1v) is 8.63. The van der Waals surface area contributed by atoms with Crippen LogP contribution >= 0.6 is 11.8 Å². The van der Waals surface area contributed by atoms with Crippen LogP contribution in [0.4, 0.5) is 0 Å². The van der Waals surface area contributed by atoms with Crippen LogP contribution in [0, 0.1) is 20.8 Å². The number of benzene rings is 2. The number of carbonyl (C=O) groups excluding carboxylic acids is 1. The minimum Gasteiger partial charge on any atom is -0.293 e. The Morgan fingerprint density at radius 2 is 1.74 bits per heavy atom. The van der Waals surface area contributed by atoms with Crippen LogP contribution in [0.5, 0.6) is 0 Å². The van der Waals surface area contributed by atoms with Crippen LogP contribution < -0.4 is 0 Å². The molecule has 0 saturated carbocycles. The van der Waals surface area contributed by atoms with E-state index in [2.05, 4.69) is 39.0 Å². The number of aryl methyl sites for hydroxylation is 3. The lowest BCUT2D eigenvalue weighted by molar-refractivity contribution is 0.102. The van der Waals surface area contributed by atoms with E-state index in [1.165, 1.54) is 33.8 Å². The molecule has 0 aliphatic carbocycles. The molecule has 116 valence electrons. The van der Waals surface area contributed by atoms with Crippen LogP contribution in [-0.4, -0.2) is 16.5 Å². The molecular formula is C20H19NOS. The van der Waals surface area contributed by atoms with E-state index in [0.29, 0.717) is 5.75 Å². The Morgan fingerprint density at radius 1 is 1.00 bits per heavy atom. The molecule has 0 unspecified atom stereocenters. The number of Topliss-reactive ketones (excluding diaryl/α,β-unsaturated/α-hetero) is 1. The monoisotopic (exact) mass is 321 g/mol. The van der Waals surface area contributed by atoms with E-state index in [9.17, 15) is 4.79 Å². The summed E-state index contributed by atoms with van der Waals surface area (Å²) < 4.78 is 0. The van der Waals surface area contributed by atoms with Gasteiger partial charge in [0.1, 0.15) is 0 Å². The topological polar surface area (TPSA) is 30.0 Å². The zero-order valence-corrected chi connectivity index (χ0v) is 14.4. The number of nitrogens with zero attached hydrogens (tertiary/aromatic N) is 1. The summed E-state index contributed by atoms with van der Waals surface area (Å²) in [5.74, 6) is 0.545. The van der Waals surface area contributed by atoms with Crippen molar-refractivity contribution in [2.75, 3.05) is 5.75 Å². The molecule has 0 aliphatic rings. The molecule has 1 aromatic heterocycles. The van der Waals surface area contributed by atoms with Crippen molar-refractivity contribution in [2.45, 2.75) is 25.8 Å². The third-order valence-corrected chi connectivity index (χ3v) is 4.79. The molecule has 1 heterocycles. The van der Waals surface area contributed by atoms with Crippen LogP contribution in [0.3, 0.4) is 0 Å². The van der Waals surface area contributed by atoms with Crippen molar-refractivity contribution in [1.29, 1.82) is 0 Å². The fourth-order valence-electron chi connectivity index (χ4n) is 2.74. The van der Waals surface area contributed by atoms with Gasteiger partial charge < -0.3 is 0 Å². The Hall–Kier alpha value is -2.13. The van der Waals surface area contributed by atoms with Crippen molar-refractivity contribution in [1.82, 2.24) is 4.98 Å². The molecule has 0 atom stereocenters. The molecule has 0 aliphatic heterocycles. The van der Waals surface area contributed by atoms with Gasteiger partial charge in [-0.15, -0.1) is 0 Å². The highest BCUT2D eigenvalue weighted by atomic mass is 32.2. The smallest absolute Gasteiger partial charge is 0.173 e. The Morgan fingerprint density at radius 3 is 2.48 bits per heavy atom. The maximum atomic E-state index is 12.2. The lowest BCUT2D eigenvalue weighted by Crippen LogP contribution is -2.02. The summed E-state index contributed by atoms with van der Waals surface area (Å²) in [5.41, 5.74) is 5.42. The number of hydrogen-bond donors (Lipinski definition) is 0. The van der Waals surface area contributed by atoms with Gasteiger partial charge in [-0.1, -0.05) is 53.7 Å². The van der Waals surface area contributed by atoms with E-state index in [0.717, 1.165) is 16.1 Å². The average Bonchev–Trinajstić information content (AvgIpc) is 2.54. The summed E-state index contributed by atoms with van der Waals surface area (Å²) in [7, 11) is 0. The quantitative estimate of drug-likeness (QED) is 0.492. The van der Waals surface area contributed by atoms with Crippen molar-refractivity contribution < 1.29 is 4.79 Å². The summed E-state index contributed by atoms with van der Waals surface area (Å²) in [4.78, 5) is 17.0. The number of aromatic nitrogens is 1. The van der Waals surface area contributed by atoms with Crippen LogP contribution in [0.2, 0.25) is 0 Å². The molecule has 0 saturated heterocycles. The van der Waals surface area contributed by atoms with Crippen molar-refractivity contribution >= 4 is 28.4 Å². The molecule has 23 heavy (non-hydrogen) atoms. The summed E-state index contributed by atoms with van der Waals surface area (Å²) in [5, 5.41) is 2.10. The first-order valence-electron chi connectivity index (χ1n) is 7.64. The minimum absolute atomic E-state index is 0.135. The number of ketones is 1. The maximum Gasteiger partial charge on any atom is 0.173 e. The van der Waals surface area contributed by atoms with Crippen molar-refractivity contribution in [3.8, 4) is 0 Å². The number of carbonyl (C=O) groups is 1. The van der Waals surface area contributed by atoms with E-state index in [1.54, 1.807) is 0 Å². The molecule has 3 aromatic rings. The summed E-state index contributed by atoms with van der Waals surface area (Å²) in [6, 6.07) is 15.8. The molecule has 0 bridgehead atoms. The van der Waals surface area contributed by atoms with Gasteiger partial charge in [0.25, 0.3) is 0 Å². The molecule has 0 radical (unpaired) electrons. The Bertz CT molecular complexity index is 872. The molecule has 0 amide bonds. The van der Waals surface area contributed by atoms with E-state index >= 15 is 0 Å². The average molecular weight is 321 g/mol. The van der Waals surface area contributed by atoms with Gasteiger partial charge in [0.2, 0.25) is 0 Å². The van der Waals surface area contributed by atoms with Crippen molar-refractivity contribution in [3.63, 3.8) is 0 Å². The van der Waals surface area contributed by atoms with Crippen LogP contribution in [0.15, 0.2) is 53.6 Å². The maximum absolute atomic E-state index is 12.2. The second-order valence-electron chi connectivity index (χ2n) is 5.83. The highest BCUT2D eigenvalue weighted by Crippen LogP contribution is 2.27. The van der Waals surface area contributed by atoms with Gasteiger partial charge in [0.15, 0.2) is 5.78 Å². The van der Waals surface area contributed by atoms with Gasteiger partial charge in [-0.25, -0.2) is 4.98 Å². The molecule has 0 spiro atoms. The highest BCUT2D eigenvalue weighted by molar-refractivity contribution is 7.99. The van der Waals surface area contributed by atoms with Crippen molar-refractivity contribution in [3.05, 3.63) is 70.8 Å². The molecular weight excluding hydrogens is 302 g/mol. The zero-order valence-electron chi connectivity index (χ0n) is 13.6. The van der Waals surface area contributed by atoms with Crippen LogP contribution in [-0.2, 0) is 0 Å². The largest absolute Gasteiger partial charge is 0.293 e. The number of hydrogen-bond acceptors (Lipinski definition) is 3. The molecule has 2 aromatic carbocycles. The van der Waals surface area contributed by atoms with E-state index in [-0.39, 0.29) is 5.78 Å². The molecule has 0 fully saturated rings. The third-order valence-electron chi connectivity index (χ3n) is 3.88. The van der Waals surface area contributed by atoms with Gasteiger partial charge in [-0.2, -0.15) is 0 Å². The number of rotatable bonds is 4. The van der Waals surface area contributed by atoms with Crippen LogP contribution in [0.25, 0.3) is 10.9 Å². The first kappa shape index (κ1) is 15.8. The highest BCUT2D eigenvalue weighted by Gasteiger charge is 2.10. The normalized spacial score (nSPS) is 10.9. The lowest BCUT2D eigenvalue weighted by Gasteiger charge is -2.09. The molecule has 3 rings (SSSR count). The SMILES string of the molecule is Cc1cc(C)c2nc(SCC(=O)c3ccccc3)cc(C)c2c1. The van der Waals surface area contributed by atoms with E-state index in [1.807, 2.05) is 30.3 Å². The summed E-state index contributed by atoms with van der Waals surface area (Å²) in [6.45, 7) is 6.30. The van der Waals surface area contributed by atoms with Crippen LogP contribution in [0.1, 0.15) is 27.0 Å². The Labute approximate surface area is 140 Å².